The minimum absolute atomic E-state index is 0.640. The first-order chi connectivity index (χ1) is 7.41. The smallest absolute Gasteiger partial charge is 0.0237 e. The molecule has 0 aromatic rings. The van der Waals surface area contributed by atoms with Gasteiger partial charge < -0.3 is 15.1 Å². The summed E-state index contributed by atoms with van der Waals surface area (Å²) in [5.41, 5.74) is 0. The third kappa shape index (κ3) is 3.72. The Hall–Kier alpha value is -0.120. The summed E-state index contributed by atoms with van der Waals surface area (Å²) < 4.78 is 0. The predicted octanol–water partition coefficient (Wildman–Crippen LogP) is 1.25. The van der Waals surface area contributed by atoms with Gasteiger partial charge in [0, 0.05) is 31.2 Å². The lowest BCUT2D eigenvalue weighted by molar-refractivity contribution is 0.218. The van der Waals surface area contributed by atoms with E-state index in [1.165, 1.54) is 13.0 Å². The Morgan fingerprint density at radius 1 is 1.38 bits per heavy atom. The van der Waals surface area contributed by atoms with Crippen molar-refractivity contribution < 1.29 is 0 Å². The molecular weight excluding hydrogens is 198 g/mol. The molecule has 0 aromatic carbocycles. The van der Waals surface area contributed by atoms with Gasteiger partial charge in [0.1, 0.15) is 0 Å². The molecule has 3 heteroatoms. The Bertz CT molecular complexity index is 185. The van der Waals surface area contributed by atoms with Gasteiger partial charge in [-0.1, -0.05) is 13.8 Å². The lowest BCUT2D eigenvalue weighted by Gasteiger charge is -2.29. The predicted molar refractivity (Wildman–Crippen MR) is 70.8 cm³/mol. The van der Waals surface area contributed by atoms with Gasteiger partial charge in [-0.15, -0.1) is 0 Å². The van der Waals surface area contributed by atoms with Gasteiger partial charge in [0.05, 0.1) is 0 Å². The fourth-order valence-corrected chi connectivity index (χ4v) is 2.64. The summed E-state index contributed by atoms with van der Waals surface area (Å²) in [6.07, 6.45) is 1.29. The molecule has 0 spiro atoms. The average molecular weight is 227 g/mol. The van der Waals surface area contributed by atoms with Crippen LogP contribution in [0.3, 0.4) is 0 Å². The summed E-state index contributed by atoms with van der Waals surface area (Å²) in [6.45, 7) is 9.22. The molecule has 1 aliphatic rings. The van der Waals surface area contributed by atoms with Gasteiger partial charge in [0.25, 0.3) is 0 Å². The van der Waals surface area contributed by atoms with Crippen molar-refractivity contribution >= 4 is 0 Å². The first kappa shape index (κ1) is 13.9. The van der Waals surface area contributed by atoms with E-state index in [0.29, 0.717) is 18.0 Å². The topological polar surface area (TPSA) is 18.5 Å². The summed E-state index contributed by atoms with van der Waals surface area (Å²) in [5, 5.41) is 3.72. The van der Waals surface area contributed by atoms with Crippen molar-refractivity contribution in [2.75, 3.05) is 34.2 Å². The van der Waals surface area contributed by atoms with Crippen LogP contribution in [0.2, 0.25) is 0 Å². The Kier molecular flexibility index (Phi) is 5.22. The molecule has 0 aromatic heterocycles. The molecule has 0 radical (unpaired) electrons. The fraction of sp³-hybridized carbons (Fsp3) is 1.00. The standard InChI is InChI=1S/C13H29N3/c1-10(2)13(15(4)5)8-14-12-7-11(3)16(6)9-12/h10-14H,7-9H2,1-6H3. The highest BCUT2D eigenvalue weighted by molar-refractivity contribution is 4.86. The summed E-state index contributed by atoms with van der Waals surface area (Å²) in [5.74, 6) is 0.707. The van der Waals surface area contributed by atoms with Crippen LogP contribution in [0.5, 0.6) is 0 Å². The average Bonchev–Trinajstić information content (AvgIpc) is 2.45. The Morgan fingerprint density at radius 3 is 2.38 bits per heavy atom. The maximum Gasteiger partial charge on any atom is 0.0237 e. The molecule has 1 N–H and O–H groups in total. The summed E-state index contributed by atoms with van der Waals surface area (Å²) >= 11 is 0. The van der Waals surface area contributed by atoms with Gasteiger partial charge in [-0.25, -0.2) is 0 Å². The second-order valence-electron chi connectivity index (χ2n) is 5.90. The second-order valence-corrected chi connectivity index (χ2v) is 5.90. The summed E-state index contributed by atoms with van der Waals surface area (Å²) in [7, 11) is 6.57. The van der Waals surface area contributed by atoms with Crippen molar-refractivity contribution in [1.82, 2.24) is 15.1 Å². The molecule has 0 bridgehead atoms. The maximum atomic E-state index is 3.72. The Balaban J connectivity index is 2.33. The molecule has 1 saturated heterocycles. The highest BCUT2D eigenvalue weighted by atomic mass is 15.2. The van der Waals surface area contributed by atoms with Crippen LogP contribution in [0.4, 0.5) is 0 Å². The fourth-order valence-electron chi connectivity index (χ4n) is 2.64. The third-order valence-electron chi connectivity index (χ3n) is 3.93. The van der Waals surface area contributed by atoms with Crippen molar-refractivity contribution in [2.45, 2.75) is 45.3 Å². The molecule has 3 unspecified atom stereocenters. The van der Waals surface area contributed by atoms with Crippen molar-refractivity contribution in [3.05, 3.63) is 0 Å². The molecule has 0 aliphatic carbocycles. The molecule has 1 fully saturated rings. The van der Waals surface area contributed by atoms with Gasteiger partial charge >= 0.3 is 0 Å². The molecule has 1 aliphatic heterocycles. The highest BCUT2D eigenvalue weighted by Gasteiger charge is 2.26. The first-order valence-corrected chi connectivity index (χ1v) is 6.51. The van der Waals surface area contributed by atoms with Crippen molar-refractivity contribution in [3.8, 4) is 0 Å². The van der Waals surface area contributed by atoms with E-state index >= 15 is 0 Å². The molecule has 96 valence electrons. The van der Waals surface area contributed by atoms with E-state index in [2.05, 4.69) is 57.0 Å². The largest absolute Gasteiger partial charge is 0.311 e. The number of rotatable bonds is 5. The van der Waals surface area contributed by atoms with Crippen molar-refractivity contribution in [3.63, 3.8) is 0 Å². The van der Waals surface area contributed by atoms with E-state index in [-0.39, 0.29) is 0 Å². The quantitative estimate of drug-likeness (QED) is 0.763. The SMILES string of the molecule is CC(C)C(CNC1CC(C)N(C)C1)N(C)C. The molecule has 3 atom stereocenters. The minimum Gasteiger partial charge on any atom is -0.311 e. The normalized spacial score (nSPS) is 29.2. The van der Waals surface area contributed by atoms with Crippen LogP contribution in [0.25, 0.3) is 0 Å². The zero-order chi connectivity index (χ0) is 12.3. The number of likely N-dealkylation sites (tertiary alicyclic amines) is 1. The summed E-state index contributed by atoms with van der Waals surface area (Å²) in [6, 6.07) is 2.05. The molecular formula is C13H29N3. The monoisotopic (exact) mass is 227 g/mol. The lowest BCUT2D eigenvalue weighted by atomic mass is 10.0. The van der Waals surface area contributed by atoms with Gasteiger partial charge in [-0.2, -0.15) is 0 Å². The van der Waals surface area contributed by atoms with E-state index in [1.54, 1.807) is 0 Å². The van der Waals surface area contributed by atoms with Gasteiger partial charge in [-0.05, 0) is 40.4 Å². The van der Waals surface area contributed by atoms with E-state index in [4.69, 9.17) is 0 Å². The lowest BCUT2D eigenvalue weighted by Crippen LogP contribution is -2.45. The third-order valence-corrected chi connectivity index (χ3v) is 3.93. The van der Waals surface area contributed by atoms with Crippen LogP contribution in [0.15, 0.2) is 0 Å². The van der Waals surface area contributed by atoms with Crippen LogP contribution in [-0.4, -0.2) is 62.2 Å². The maximum absolute atomic E-state index is 3.72. The molecule has 1 rings (SSSR count). The second kappa shape index (κ2) is 5.99. The van der Waals surface area contributed by atoms with Crippen molar-refractivity contribution in [1.29, 1.82) is 0 Å². The first-order valence-electron chi connectivity index (χ1n) is 6.51. The molecule has 16 heavy (non-hydrogen) atoms. The summed E-state index contributed by atoms with van der Waals surface area (Å²) in [4.78, 5) is 4.78. The number of nitrogens with zero attached hydrogens (tertiary/aromatic N) is 2. The number of hydrogen-bond donors (Lipinski definition) is 1. The molecule has 0 amide bonds. The Morgan fingerprint density at radius 2 is 2.00 bits per heavy atom. The van der Waals surface area contributed by atoms with Crippen LogP contribution in [-0.2, 0) is 0 Å². The van der Waals surface area contributed by atoms with Crippen LogP contribution >= 0.6 is 0 Å². The number of nitrogens with one attached hydrogen (secondary N) is 1. The van der Waals surface area contributed by atoms with Gasteiger partial charge in [0.15, 0.2) is 0 Å². The zero-order valence-electron chi connectivity index (χ0n) is 11.8. The van der Waals surface area contributed by atoms with Crippen LogP contribution in [0, 0.1) is 5.92 Å². The van der Waals surface area contributed by atoms with E-state index < -0.39 is 0 Å². The van der Waals surface area contributed by atoms with Crippen LogP contribution in [0.1, 0.15) is 27.2 Å². The van der Waals surface area contributed by atoms with Gasteiger partial charge in [-0.3, -0.25) is 0 Å². The zero-order valence-corrected chi connectivity index (χ0v) is 11.8. The molecule has 0 saturated carbocycles. The van der Waals surface area contributed by atoms with Gasteiger partial charge in [0.2, 0.25) is 0 Å². The molecule has 1 heterocycles. The van der Waals surface area contributed by atoms with E-state index in [1.807, 2.05) is 0 Å². The number of likely N-dealkylation sites (N-methyl/N-ethyl adjacent to an activating group) is 2. The highest BCUT2D eigenvalue weighted by Crippen LogP contribution is 2.15. The van der Waals surface area contributed by atoms with Crippen molar-refractivity contribution in [2.24, 2.45) is 5.92 Å². The van der Waals surface area contributed by atoms with Crippen LogP contribution < -0.4 is 5.32 Å². The number of hydrogen-bond acceptors (Lipinski definition) is 3. The van der Waals surface area contributed by atoms with E-state index in [0.717, 1.165) is 12.6 Å². The Labute approximate surface area is 101 Å². The van der Waals surface area contributed by atoms with E-state index in [9.17, 15) is 0 Å². The molecule has 3 nitrogen and oxygen atoms in total. The minimum atomic E-state index is 0.640.